The lowest BCUT2D eigenvalue weighted by atomic mass is 9.75. The molecule has 1 heterocycles. The van der Waals surface area contributed by atoms with Crippen LogP contribution >= 0.6 is 0 Å². The van der Waals surface area contributed by atoms with Gasteiger partial charge < -0.3 is 10.2 Å². The molecule has 0 aromatic heterocycles. The van der Waals surface area contributed by atoms with Crippen molar-refractivity contribution in [1.82, 2.24) is 10.2 Å². The Bertz CT molecular complexity index is 255. The van der Waals surface area contributed by atoms with Crippen LogP contribution in [0.3, 0.4) is 0 Å². The second-order valence-electron chi connectivity index (χ2n) is 5.62. The average Bonchev–Trinajstić information content (AvgIpc) is 2.38. The van der Waals surface area contributed by atoms with E-state index in [4.69, 9.17) is 0 Å². The van der Waals surface area contributed by atoms with Crippen LogP contribution in [0.2, 0.25) is 0 Å². The normalized spacial score (nSPS) is 28.6. The molecule has 3 nitrogen and oxygen atoms in total. The summed E-state index contributed by atoms with van der Waals surface area (Å²) in [5.41, 5.74) is 0. The fourth-order valence-electron chi connectivity index (χ4n) is 3.27. The first-order chi connectivity index (χ1) is 8.31. The minimum atomic E-state index is 0.169. The van der Waals surface area contributed by atoms with Gasteiger partial charge in [-0.3, -0.25) is 0 Å². The van der Waals surface area contributed by atoms with Gasteiger partial charge in [0.05, 0.1) is 0 Å². The molecule has 0 bridgehead atoms. The van der Waals surface area contributed by atoms with E-state index in [9.17, 15) is 4.79 Å². The molecule has 0 aromatic carbocycles. The molecule has 1 aliphatic carbocycles. The summed E-state index contributed by atoms with van der Waals surface area (Å²) in [7, 11) is 0. The van der Waals surface area contributed by atoms with Crippen molar-refractivity contribution in [3.63, 3.8) is 0 Å². The van der Waals surface area contributed by atoms with E-state index in [-0.39, 0.29) is 6.03 Å². The molecule has 1 N–H and O–H groups in total. The van der Waals surface area contributed by atoms with Crippen LogP contribution in [0.25, 0.3) is 0 Å². The summed E-state index contributed by atoms with van der Waals surface area (Å²) in [6, 6.07) is 0.169. The molecule has 98 valence electrons. The lowest BCUT2D eigenvalue weighted by Gasteiger charge is -2.41. The van der Waals surface area contributed by atoms with Gasteiger partial charge in [0.25, 0.3) is 0 Å². The second kappa shape index (κ2) is 6.27. The van der Waals surface area contributed by atoms with Gasteiger partial charge in [0.15, 0.2) is 0 Å². The highest BCUT2D eigenvalue weighted by Crippen LogP contribution is 2.35. The molecule has 2 rings (SSSR count). The first-order valence-corrected chi connectivity index (χ1v) is 7.34. The monoisotopic (exact) mass is 238 g/mol. The van der Waals surface area contributed by atoms with Crippen LogP contribution in [0, 0.1) is 11.8 Å². The number of hydrogen-bond acceptors (Lipinski definition) is 1. The third kappa shape index (κ3) is 3.36. The zero-order valence-corrected chi connectivity index (χ0v) is 11.1. The van der Waals surface area contributed by atoms with Gasteiger partial charge in [0.2, 0.25) is 0 Å². The number of carbonyl (C=O) groups is 1. The number of nitrogens with zero attached hydrogens (tertiary/aromatic N) is 1. The van der Waals surface area contributed by atoms with Crippen LogP contribution in [-0.2, 0) is 0 Å². The molecule has 1 saturated heterocycles. The van der Waals surface area contributed by atoms with Crippen molar-refractivity contribution in [2.75, 3.05) is 19.6 Å². The first-order valence-electron chi connectivity index (χ1n) is 7.34. The van der Waals surface area contributed by atoms with Gasteiger partial charge in [-0.15, -0.1) is 0 Å². The van der Waals surface area contributed by atoms with E-state index in [1.54, 1.807) is 0 Å². The van der Waals surface area contributed by atoms with Gasteiger partial charge in [0, 0.05) is 19.6 Å². The van der Waals surface area contributed by atoms with Crippen molar-refractivity contribution >= 4 is 6.03 Å². The number of urea groups is 1. The lowest BCUT2D eigenvalue weighted by Crippen LogP contribution is -2.48. The zero-order valence-electron chi connectivity index (χ0n) is 11.1. The molecular weight excluding hydrogens is 212 g/mol. The molecule has 1 aliphatic heterocycles. The van der Waals surface area contributed by atoms with Crippen molar-refractivity contribution < 1.29 is 4.79 Å². The predicted octanol–water partition coefficient (Wildman–Crippen LogP) is 3.01. The average molecular weight is 238 g/mol. The molecule has 2 aliphatic rings. The maximum atomic E-state index is 12.0. The number of rotatable bonds is 3. The number of fused-ring (bicyclic) bond motifs is 1. The number of carbonyl (C=O) groups excluding carboxylic acids is 1. The van der Waals surface area contributed by atoms with Crippen molar-refractivity contribution in [1.29, 1.82) is 0 Å². The van der Waals surface area contributed by atoms with Gasteiger partial charge in [-0.05, 0) is 31.1 Å². The number of unbranched alkanes of at least 4 members (excludes halogenated alkanes) is 1. The van der Waals surface area contributed by atoms with Gasteiger partial charge in [-0.2, -0.15) is 0 Å². The second-order valence-corrected chi connectivity index (χ2v) is 5.62. The van der Waals surface area contributed by atoms with Crippen molar-refractivity contribution in [3.05, 3.63) is 0 Å². The van der Waals surface area contributed by atoms with E-state index in [0.717, 1.165) is 44.3 Å². The molecular formula is C14H26N2O. The Labute approximate surface area is 105 Å². The summed E-state index contributed by atoms with van der Waals surface area (Å²) in [5.74, 6) is 1.69. The Balaban J connectivity index is 1.76. The zero-order chi connectivity index (χ0) is 12.1. The van der Waals surface area contributed by atoms with Crippen LogP contribution in [0.4, 0.5) is 4.79 Å². The largest absolute Gasteiger partial charge is 0.338 e. The Hall–Kier alpha value is -0.730. The standard InChI is InChI=1S/C14H26N2O/c1-2-3-9-15-14(17)16-10-8-12-6-4-5-7-13(12)11-16/h12-13H,2-11H2,1H3,(H,15,17). The Morgan fingerprint density at radius 2 is 2.00 bits per heavy atom. The molecule has 2 unspecified atom stereocenters. The highest BCUT2D eigenvalue weighted by Gasteiger charge is 2.32. The summed E-state index contributed by atoms with van der Waals surface area (Å²) in [5, 5.41) is 3.04. The summed E-state index contributed by atoms with van der Waals surface area (Å²) in [4.78, 5) is 14.0. The van der Waals surface area contributed by atoms with Crippen LogP contribution < -0.4 is 5.32 Å². The fraction of sp³-hybridized carbons (Fsp3) is 0.929. The third-order valence-electron chi connectivity index (χ3n) is 4.38. The number of likely N-dealkylation sites (tertiary alicyclic amines) is 1. The van der Waals surface area contributed by atoms with Gasteiger partial charge in [-0.25, -0.2) is 4.79 Å². The maximum Gasteiger partial charge on any atom is 0.317 e. The van der Waals surface area contributed by atoms with Gasteiger partial charge in [0.1, 0.15) is 0 Å². The Morgan fingerprint density at radius 1 is 1.24 bits per heavy atom. The smallest absolute Gasteiger partial charge is 0.317 e. The van der Waals surface area contributed by atoms with E-state index in [2.05, 4.69) is 12.2 Å². The highest BCUT2D eigenvalue weighted by atomic mass is 16.2. The van der Waals surface area contributed by atoms with E-state index in [1.165, 1.54) is 32.1 Å². The Morgan fingerprint density at radius 3 is 2.76 bits per heavy atom. The topological polar surface area (TPSA) is 32.3 Å². The molecule has 2 atom stereocenters. The quantitative estimate of drug-likeness (QED) is 0.753. The molecule has 0 spiro atoms. The van der Waals surface area contributed by atoms with Crippen LogP contribution in [0.1, 0.15) is 51.9 Å². The van der Waals surface area contributed by atoms with Crippen molar-refractivity contribution in [2.24, 2.45) is 11.8 Å². The summed E-state index contributed by atoms with van der Waals surface area (Å²) >= 11 is 0. The van der Waals surface area contributed by atoms with E-state index >= 15 is 0 Å². The number of piperidine rings is 1. The fourth-order valence-corrected chi connectivity index (χ4v) is 3.27. The highest BCUT2D eigenvalue weighted by molar-refractivity contribution is 5.74. The van der Waals surface area contributed by atoms with Crippen LogP contribution in [-0.4, -0.2) is 30.6 Å². The molecule has 2 fully saturated rings. The third-order valence-corrected chi connectivity index (χ3v) is 4.38. The van der Waals surface area contributed by atoms with E-state index < -0.39 is 0 Å². The molecule has 1 saturated carbocycles. The number of amides is 2. The van der Waals surface area contributed by atoms with E-state index in [1.807, 2.05) is 4.90 Å². The van der Waals surface area contributed by atoms with Gasteiger partial charge in [-0.1, -0.05) is 32.6 Å². The molecule has 0 radical (unpaired) electrons. The number of nitrogens with one attached hydrogen (secondary N) is 1. The summed E-state index contributed by atoms with van der Waals surface area (Å²) in [6.07, 6.45) is 8.97. The Kier molecular flexibility index (Phi) is 4.69. The summed E-state index contributed by atoms with van der Waals surface area (Å²) < 4.78 is 0. The maximum absolute atomic E-state index is 12.0. The molecule has 3 heteroatoms. The molecule has 0 aromatic rings. The minimum absolute atomic E-state index is 0.169. The minimum Gasteiger partial charge on any atom is -0.338 e. The van der Waals surface area contributed by atoms with Gasteiger partial charge >= 0.3 is 6.03 Å². The molecule has 2 amide bonds. The molecule has 17 heavy (non-hydrogen) atoms. The summed E-state index contributed by atoms with van der Waals surface area (Å²) in [6.45, 7) is 4.96. The SMILES string of the molecule is CCCCNC(=O)N1CCC2CCCCC2C1. The lowest BCUT2D eigenvalue weighted by molar-refractivity contribution is 0.102. The van der Waals surface area contributed by atoms with Crippen molar-refractivity contribution in [2.45, 2.75) is 51.9 Å². The van der Waals surface area contributed by atoms with Crippen LogP contribution in [0.5, 0.6) is 0 Å². The van der Waals surface area contributed by atoms with Crippen LogP contribution in [0.15, 0.2) is 0 Å². The first kappa shape index (κ1) is 12.7. The van der Waals surface area contributed by atoms with Crippen molar-refractivity contribution in [3.8, 4) is 0 Å². The van der Waals surface area contributed by atoms with E-state index in [0.29, 0.717) is 0 Å². The predicted molar refractivity (Wildman–Crippen MR) is 69.9 cm³/mol. The number of hydrogen-bond donors (Lipinski definition) is 1.